The number of aliphatic hydroxyl groups is 1. The quantitative estimate of drug-likeness (QED) is 0.0138. The molecule has 1 radical (unpaired) electrons. The number of aliphatic carboxylic acids is 1. The number of phenolic OH excluding ortho intramolecular Hbond substituents is 1. The van der Waals surface area contributed by atoms with Crippen molar-refractivity contribution in [3.63, 3.8) is 0 Å². The number of nitrogens with zero attached hydrogens (tertiary/aromatic N) is 5. The molecule has 41 nitrogen and oxygen atoms in total. The summed E-state index contributed by atoms with van der Waals surface area (Å²) < 4.78 is 0. The van der Waals surface area contributed by atoms with Gasteiger partial charge in [0.2, 0.25) is 65.0 Å². The maximum atomic E-state index is 15.3. The minimum absolute atomic E-state index is 0.00641. The molecular weight excluding hydrogens is 1720 g/mol. The molecule has 701 valence electrons. The number of imidazole rings is 1. The second-order valence-corrected chi connectivity index (χ2v) is 35.2. The zero-order valence-corrected chi connectivity index (χ0v) is 76.4. The van der Waals surface area contributed by atoms with E-state index in [0.29, 0.717) is 42.7 Å². The first kappa shape index (κ1) is 106. The van der Waals surface area contributed by atoms with Gasteiger partial charge in [0.15, 0.2) is 5.96 Å². The number of likely N-dealkylation sites (tertiary alicyclic amines) is 2. The normalized spacial score (nSPS) is 19.0. The van der Waals surface area contributed by atoms with Crippen molar-refractivity contribution >= 4 is 135 Å². The van der Waals surface area contributed by atoms with Gasteiger partial charge in [-0.15, -0.1) is 0 Å². The second-order valence-electron chi connectivity index (χ2n) is 33.5. The summed E-state index contributed by atoms with van der Waals surface area (Å²) in [6.07, 6.45) is 6.21. The molecule has 0 saturated carbocycles. The number of H-pyrrole nitrogens is 1. The molecule has 1 aromatic carbocycles. The maximum absolute atomic E-state index is 15.3. The molecule has 15 amide bonds. The van der Waals surface area contributed by atoms with Gasteiger partial charge in [-0.1, -0.05) is 67.0 Å². The van der Waals surface area contributed by atoms with E-state index in [9.17, 15) is 77.6 Å². The molecule has 4 heterocycles. The topological polar surface area (TPSA) is 642 Å². The minimum atomic E-state index is -1.81. The fraction of sp³-hybridized carbons (Fsp3) is 0.675. The number of nitrogens with one attached hydrogen (secondary N) is 13. The predicted octanol–water partition coefficient (Wildman–Crippen LogP) is -2.77. The van der Waals surface area contributed by atoms with Gasteiger partial charge in [-0.3, -0.25) is 62.7 Å². The van der Waals surface area contributed by atoms with Crippen LogP contribution in [-0.2, 0) is 89.6 Å². The molecule has 0 unspecified atom stereocenters. The molecule has 19 atom stereocenters. The summed E-state index contributed by atoms with van der Waals surface area (Å²) in [6, 6.07) is -14.3. The third kappa shape index (κ3) is 34.0. The van der Waals surface area contributed by atoms with Gasteiger partial charge in [0, 0.05) is 38.8 Å². The molecule has 2 fully saturated rings. The van der Waals surface area contributed by atoms with Crippen LogP contribution < -0.4 is 86.7 Å². The van der Waals surface area contributed by atoms with E-state index in [1.807, 2.05) is 6.92 Å². The van der Waals surface area contributed by atoms with Crippen LogP contribution in [0.1, 0.15) is 183 Å². The van der Waals surface area contributed by atoms with Crippen LogP contribution in [-0.4, -0.2) is 293 Å². The number of benzene rings is 1. The van der Waals surface area contributed by atoms with E-state index in [2.05, 4.69) is 99.8 Å². The van der Waals surface area contributed by atoms with Gasteiger partial charge < -0.3 is 80.2 Å². The number of hydrogen-bond donors (Lipinski definition) is 20. The van der Waals surface area contributed by atoms with Crippen LogP contribution >= 0.6 is 11.8 Å². The Kier molecular flexibility index (Phi) is 44.8. The van der Waals surface area contributed by atoms with Crippen LogP contribution in [0.2, 0.25) is 5.32 Å². The van der Waals surface area contributed by atoms with Crippen LogP contribution in [0.25, 0.3) is 0 Å². The summed E-state index contributed by atoms with van der Waals surface area (Å²) in [5.74, 6) is -15.1. The number of guanidine groups is 1. The zero-order valence-electron chi connectivity index (χ0n) is 73.9. The Hall–Kier alpha value is -10.5. The number of aromatic amines is 1. The summed E-state index contributed by atoms with van der Waals surface area (Å²) in [7, 11) is 0. The third-order valence-corrected chi connectivity index (χ3v) is 23.7. The zero-order chi connectivity index (χ0) is 93.8. The first-order chi connectivity index (χ1) is 59.6. The van der Waals surface area contributed by atoms with Crippen LogP contribution in [0.15, 0.2) is 46.8 Å². The molecule has 1 aromatic heterocycles. The number of hydrogen-bond acceptors (Lipinski definition) is 23. The fourth-order valence-corrected chi connectivity index (χ4v) is 15.7. The van der Waals surface area contributed by atoms with Crippen molar-refractivity contribution in [2.45, 2.75) is 287 Å². The van der Waals surface area contributed by atoms with Gasteiger partial charge in [-0.2, -0.15) is 0 Å². The number of carboxylic acid groups (broad SMARTS) is 1. The summed E-state index contributed by atoms with van der Waals surface area (Å²) in [6.45, 7) is 17.3. The number of carbonyl (C=O) groups excluding carboxylic acids is 15. The summed E-state index contributed by atoms with van der Waals surface area (Å²) in [5, 5.41) is 63.8. The molecule has 126 heavy (non-hydrogen) atoms. The van der Waals surface area contributed by atoms with E-state index < -0.39 is 204 Å². The SMILES string of the molecule is CC[C@H](C)[C@H](NC(=O)[C@H](Cc1cnc[nH]1)NC(=O)[C@@H](NC(=O)[C@@H](NC(=O)[C@H](CC(C)C)NC(=O)[C@H](CC(C)C)NC(=O)[C@H](Cc1ccc(O)cc1)NC(=O)[C@@H]1CCCN1C(=O)[C@H](CCCCNC(=O)[C@@H]1N=CC[C@H]1C)NC(=O)[C@H](CCCN=C(N)N)NC(=O)[C@@H]1CCCN1C(=O)[C@@H](N)CC(N)=O)[C@@H](C)CC)[C@@H](C)O)C(=O)N[C@@H](C[Se])C(=O)N[C@@H](CCSC)C(=O)O. The Morgan fingerprint density at radius 3 is 1.56 bits per heavy atom. The molecule has 0 spiro atoms. The van der Waals surface area contributed by atoms with Gasteiger partial charge in [0.05, 0.1) is 12.5 Å². The number of amides is 15. The number of phenols is 1. The van der Waals surface area contributed by atoms with Gasteiger partial charge in [0.1, 0.15) is 60.1 Å². The second kappa shape index (κ2) is 53.2. The van der Waals surface area contributed by atoms with E-state index in [0.717, 1.165) is 0 Å². The van der Waals surface area contributed by atoms with E-state index in [1.165, 1.54) is 65.3 Å². The molecule has 2 saturated heterocycles. The number of aromatic hydroxyl groups is 1. The Morgan fingerprint density at radius 1 is 0.579 bits per heavy atom. The van der Waals surface area contributed by atoms with Crippen molar-refractivity contribution in [1.29, 1.82) is 0 Å². The number of aliphatic imine (C=N–C) groups is 2. The van der Waals surface area contributed by atoms with E-state index in [1.54, 1.807) is 67.9 Å². The number of thioether (sulfide) groups is 1. The number of primary amides is 1. The molecule has 0 bridgehead atoms. The van der Waals surface area contributed by atoms with Crippen molar-refractivity contribution in [2.24, 2.45) is 62.5 Å². The van der Waals surface area contributed by atoms with E-state index >= 15 is 14.4 Å². The average Bonchev–Trinajstić information content (AvgIpc) is 1.63. The molecule has 5 rings (SSSR count). The van der Waals surface area contributed by atoms with Crippen LogP contribution in [0.3, 0.4) is 0 Å². The first-order valence-electron chi connectivity index (χ1n) is 43.2. The van der Waals surface area contributed by atoms with Gasteiger partial charge in [-0.25, -0.2) is 0 Å². The Labute approximate surface area is 747 Å². The number of rotatable bonds is 54. The van der Waals surface area contributed by atoms with E-state index in [-0.39, 0.29) is 150 Å². The average molecular weight is 1850 g/mol. The number of aromatic nitrogens is 2. The summed E-state index contributed by atoms with van der Waals surface area (Å²) >= 11 is 4.07. The molecule has 2 aromatic rings. The summed E-state index contributed by atoms with van der Waals surface area (Å²) in [4.78, 5) is 244. The van der Waals surface area contributed by atoms with Gasteiger partial charge >= 0.3 is 234 Å². The molecule has 3 aliphatic rings. The van der Waals surface area contributed by atoms with Crippen molar-refractivity contribution in [1.82, 2.24) is 83.6 Å². The van der Waals surface area contributed by atoms with Crippen LogP contribution in [0.4, 0.5) is 0 Å². The van der Waals surface area contributed by atoms with E-state index in [4.69, 9.17) is 22.9 Å². The Bertz CT molecular complexity index is 4070. The van der Waals surface area contributed by atoms with Gasteiger partial charge in [0.25, 0.3) is 0 Å². The number of aliphatic hydroxyl groups excluding tert-OH is 1. The monoisotopic (exact) mass is 1850 g/mol. The molecule has 43 heteroatoms. The van der Waals surface area contributed by atoms with Crippen molar-refractivity contribution in [2.75, 3.05) is 38.2 Å². The van der Waals surface area contributed by atoms with Crippen LogP contribution in [0.5, 0.6) is 5.75 Å². The van der Waals surface area contributed by atoms with Gasteiger partial charge in [-0.05, 0) is 125 Å². The Balaban J connectivity index is 1.40. The van der Waals surface area contributed by atoms with Crippen molar-refractivity contribution < 1.29 is 92.0 Å². The molecule has 0 aliphatic carbocycles. The van der Waals surface area contributed by atoms with Crippen LogP contribution in [0, 0.1) is 29.6 Å². The van der Waals surface area contributed by atoms with Crippen molar-refractivity contribution in [3.8, 4) is 5.75 Å². The standard InChI is InChI=1S/C83H133N22O19SSe/c1-12-45(7)65(77(118)100-60(41-126)73(114)95-55(82(123)124)28-34-125-11)101-72(113)59(38-50-40-88-42-92-50)99-79(120)67(48(10)106)103-78(119)66(46(8)13-2)102-71(112)57(36-44(5)6)97-69(110)56(35-43(3)4)96-70(111)58(37-49-23-25-51(107)26-24-49)98-75(116)62-22-18-33-105(62)81(122)54(19-14-15-29-90-76(117)64-47(9)27-31-89-64)94-68(109)53(20-16-30-91-83(86)87)93-74(115)61-21-17-32-104(61)80(121)52(84)39-63(85)108/h23-26,31,40,42-48,52-62,64-67,106-107H,12-22,27-30,32-39,41,84H2,1-11H3,(H2,85,108)(H,88,92)(H,90,117)(H,93,115)(H,94,109)(H,95,114)(H,96,111)(H,97,110)(H,98,116)(H,99,120)(H,100,118)(H,101,113)(H,102,112)(H,103,119)(H,123,124)(H4,86,87,91)/t45-,46-,47+,48+,52-,53-,54-,55-,56-,57-,58-,59-,60-,61-,62-,64+,65-,66-,67-/m0/s1. The number of unbranched alkanes of at least 4 members (excludes halogenated alkanes) is 1. The number of carbonyl (C=O) groups is 16. The Morgan fingerprint density at radius 2 is 1.06 bits per heavy atom. The first-order valence-corrected chi connectivity index (χ1v) is 45.8. The third-order valence-electron chi connectivity index (χ3n) is 22.4. The predicted molar refractivity (Wildman–Crippen MR) is 470 cm³/mol. The van der Waals surface area contributed by atoms with Crippen molar-refractivity contribution in [3.05, 3.63) is 48.0 Å². The number of carboxylic acids is 1. The molecule has 24 N–H and O–H groups in total. The molecule has 3 aliphatic heterocycles. The summed E-state index contributed by atoms with van der Waals surface area (Å²) in [5.41, 5.74) is 23.4. The number of nitrogens with two attached hydrogens (primary N) is 4. The molecular formula is C83H133N22O19SSe. The fourth-order valence-electron chi connectivity index (χ4n) is 14.8.